The highest BCUT2D eigenvalue weighted by atomic mass is 19.1. The van der Waals surface area contributed by atoms with Crippen LogP contribution in [0.5, 0.6) is 0 Å². The number of furan rings is 1. The normalized spacial score (nSPS) is 21.2. The van der Waals surface area contributed by atoms with Gasteiger partial charge in [-0.2, -0.15) is 0 Å². The molecule has 2 aliphatic rings. The van der Waals surface area contributed by atoms with Crippen LogP contribution in [0.15, 0.2) is 40.8 Å². The Morgan fingerprint density at radius 1 is 1.08 bits per heavy atom. The van der Waals surface area contributed by atoms with E-state index >= 15 is 0 Å². The SMILES string of the molecule is O=C(c1ccc(-c2ccccc2F)o1)N1CCC[C@@H]1CN1CCCC1. The number of amides is 1. The van der Waals surface area contributed by atoms with Gasteiger partial charge in [0.1, 0.15) is 11.6 Å². The maximum atomic E-state index is 13.9. The molecule has 25 heavy (non-hydrogen) atoms. The molecule has 2 aliphatic heterocycles. The maximum absolute atomic E-state index is 13.9. The van der Waals surface area contributed by atoms with E-state index in [9.17, 15) is 9.18 Å². The third-order valence-corrected chi connectivity index (χ3v) is 5.26. The second-order valence-electron chi connectivity index (χ2n) is 6.95. The van der Waals surface area contributed by atoms with Gasteiger partial charge in [0.2, 0.25) is 0 Å². The summed E-state index contributed by atoms with van der Waals surface area (Å²) in [7, 11) is 0. The number of carbonyl (C=O) groups is 1. The van der Waals surface area contributed by atoms with E-state index < -0.39 is 0 Å². The lowest BCUT2D eigenvalue weighted by Gasteiger charge is -2.27. The van der Waals surface area contributed by atoms with E-state index in [1.165, 1.54) is 18.9 Å². The number of hydrogen-bond acceptors (Lipinski definition) is 3. The van der Waals surface area contributed by atoms with Crippen molar-refractivity contribution in [1.29, 1.82) is 0 Å². The molecule has 5 heteroatoms. The summed E-state index contributed by atoms with van der Waals surface area (Å²) in [5.41, 5.74) is 0.386. The molecule has 0 saturated carbocycles. The molecule has 2 saturated heterocycles. The third kappa shape index (κ3) is 3.33. The van der Waals surface area contributed by atoms with Crippen molar-refractivity contribution < 1.29 is 13.6 Å². The molecular formula is C20H23FN2O2. The van der Waals surface area contributed by atoms with Crippen LogP contribution in [0.1, 0.15) is 36.2 Å². The summed E-state index contributed by atoms with van der Waals surface area (Å²) in [6.07, 6.45) is 4.59. The molecule has 0 unspecified atom stereocenters. The number of benzene rings is 1. The zero-order valence-electron chi connectivity index (χ0n) is 14.3. The van der Waals surface area contributed by atoms with E-state index in [0.717, 1.165) is 39.0 Å². The summed E-state index contributed by atoms with van der Waals surface area (Å²) in [5.74, 6) is 0.275. The van der Waals surface area contributed by atoms with Gasteiger partial charge in [-0.1, -0.05) is 12.1 Å². The molecule has 0 radical (unpaired) electrons. The Labute approximate surface area is 147 Å². The minimum Gasteiger partial charge on any atom is -0.451 e. The second-order valence-corrected chi connectivity index (χ2v) is 6.95. The largest absolute Gasteiger partial charge is 0.451 e. The Morgan fingerprint density at radius 3 is 2.68 bits per heavy atom. The number of rotatable bonds is 4. The molecule has 0 spiro atoms. The lowest BCUT2D eigenvalue weighted by molar-refractivity contribution is 0.0677. The average molecular weight is 342 g/mol. The van der Waals surface area contributed by atoms with Gasteiger partial charge < -0.3 is 14.2 Å². The highest BCUT2D eigenvalue weighted by Gasteiger charge is 2.32. The smallest absolute Gasteiger partial charge is 0.289 e. The van der Waals surface area contributed by atoms with Gasteiger partial charge in [-0.15, -0.1) is 0 Å². The summed E-state index contributed by atoms with van der Waals surface area (Å²) < 4.78 is 19.6. The molecule has 4 rings (SSSR count). The van der Waals surface area contributed by atoms with Crippen LogP contribution < -0.4 is 0 Å². The Balaban J connectivity index is 1.49. The van der Waals surface area contributed by atoms with E-state index in [1.54, 1.807) is 30.3 Å². The molecule has 0 bridgehead atoms. The van der Waals surface area contributed by atoms with Gasteiger partial charge in [-0.25, -0.2) is 4.39 Å². The molecule has 1 aromatic heterocycles. The Kier molecular flexibility index (Phi) is 4.57. The quantitative estimate of drug-likeness (QED) is 0.848. The third-order valence-electron chi connectivity index (χ3n) is 5.26. The molecule has 3 heterocycles. The summed E-state index contributed by atoms with van der Waals surface area (Å²) >= 11 is 0. The number of carbonyl (C=O) groups excluding carboxylic acids is 1. The number of likely N-dealkylation sites (tertiary alicyclic amines) is 2. The topological polar surface area (TPSA) is 36.7 Å². The van der Waals surface area contributed by atoms with Crippen LogP contribution in [0.2, 0.25) is 0 Å². The van der Waals surface area contributed by atoms with Crippen LogP contribution >= 0.6 is 0 Å². The fourth-order valence-corrected chi connectivity index (χ4v) is 3.96. The Bertz CT molecular complexity index is 752. The molecule has 4 nitrogen and oxygen atoms in total. The first kappa shape index (κ1) is 16.3. The van der Waals surface area contributed by atoms with Crippen molar-refractivity contribution >= 4 is 5.91 Å². The van der Waals surface area contributed by atoms with Gasteiger partial charge in [0, 0.05) is 19.1 Å². The first-order valence-electron chi connectivity index (χ1n) is 9.10. The highest BCUT2D eigenvalue weighted by molar-refractivity contribution is 5.92. The first-order valence-corrected chi connectivity index (χ1v) is 9.10. The zero-order chi connectivity index (χ0) is 17.2. The molecule has 2 aromatic rings. The molecule has 132 valence electrons. The van der Waals surface area contributed by atoms with Crippen molar-refractivity contribution in [3.8, 4) is 11.3 Å². The molecule has 1 atom stereocenters. The first-order chi connectivity index (χ1) is 12.2. The lowest BCUT2D eigenvalue weighted by atomic mass is 10.1. The monoisotopic (exact) mass is 342 g/mol. The van der Waals surface area contributed by atoms with Crippen LogP contribution in [0, 0.1) is 5.82 Å². The minimum absolute atomic E-state index is 0.0794. The molecule has 0 N–H and O–H groups in total. The molecule has 0 aliphatic carbocycles. The molecule has 1 aromatic carbocycles. The predicted molar refractivity (Wildman–Crippen MR) is 93.8 cm³/mol. The van der Waals surface area contributed by atoms with Crippen molar-refractivity contribution in [2.45, 2.75) is 31.7 Å². The summed E-state index contributed by atoms with van der Waals surface area (Å²) in [5, 5.41) is 0. The summed E-state index contributed by atoms with van der Waals surface area (Å²) in [4.78, 5) is 17.3. The van der Waals surface area contributed by atoms with E-state index in [1.807, 2.05) is 4.90 Å². The van der Waals surface area contributed by atoms with Gasteiger partial charge >= 0.3 is 0 Å². The standard InChI is InChI=1S/C20H23FN2O2/c21-17-8-2-1-7-16(17)18-9-10-19(25-18)20(24)23-13-5-6-15(23)14-22-11-3-4-12-22/h1-2,7-10,15H,3-6,11-14H2/t15-/m1/s1. The van der Waals surface area contributed by atoms with Gasteiger partial charge in [-0.05, 0) is 63.0 Å². The van der Waals surface area contributed by atoms with Crippen LogP contribution in [-0.4, -0.2) is 47.9 Å². The van der Waals surface area contributed by atoms with E-state index in [4.69, 9.17) is 4.42 Å². The van der Waals surface area contributed by atoms with Crippen molar-refractivity contribution in [3.63, 3.8) is 0 Å². The van der Waals surface area contributed by atoms with Gasteiger partial charge in [0.15, 0.2) is 5.76 Å². The fraction of sp³-hybridized carbons (Fsp3) is 0.450. The number of halogens is 1. The van der Waals surface area contributed by atoms with Gasteiger partial charge in [0.05, 0.1) is 5.56 Å². The van der Waals surface area contributed by atoms with Crippen LogP contribution in [0.4, 0.5) is 4.39 Å². The van der Waals surface area contributed by atoms with Gasteiger partial charge in [0.25, 0.3) is 5.91 Å². The van der Waals surface area contributed by atoms with E-state index in [-0.39, 0.29) is 17.8 Å². The highest BCUT2D eigenvalue weighted by Crippen LogP contribution is 2.27. The fourth-order valence-electron chi connectivity index (χ4n) is 3.96. The van der Waals surface area contributed by atoms with Crippen molar-refractivity contribution in [2.75, 3.05) is 26.2 Å². The lowest BCUT2D eigenvalue weighted by Crippen LogP contribution is -2.42. The molecule has 2 fully saturated rings. The average Bonchev–Trinajstić information content (AvgIpc) is 3.37. The Morgan fingerprint density at radius 2 is 1.88 bits per heavy atom. The minimum atomic E-state index is -0.344. The van der Waals surface area contributed by atoms with Crippen molar-refractivity contribution in [1.82, 2.24) is 9.80 Å². The summed E-state index contributed by atoms with van der Waals surface area (Å²) in [6.45, 7) is 3.99. The van der Waals surface area contributed by atoms with Crippen molar-refractivity contribution in [2.24, 2.45) is 0 Å². The molecule has 1 amide bonds. The maximum Gasteiger partial charge on any atom is 0.289 e. The van der Waals surface area contributed by atoms with Gasteiger partial charge in [-0.3, -0.25) is 4.79 Å². The number of hydrogen-bond donors (Lipinski definition) is 0. The van der Waals surface area contributed by atoms with Crippen LogP contribution in [0.25, 0.3) is 11.3 Å². The van der Waals surface area contributed by atoms with Crippen LogP contribution in [0.3, 0.4) is 0 Å². The van der Waals surface area contributed by atoms with Crippen molar-refractivity contribution in [3.05, 3.63) is 48.0 Å². The second kappa shape index (κ2) is 7.00. The van der Waals surface area contributed by atoms with E-state index in [2.05, 4.69) is 4.90 Å². The molecular weight excluding hydrogens is 319 g/mol. The van der Waals surface area contributed by atoms with Crippen LogP contribution in [-0.2, 0) is 0 Å². The zero-order valence-corrected chi connectivity index (χ0v) is 14.3. The number of nitrogens with zero attached hydrogens (tertiary/aromatic N) is 2. The van der Waals surface area contributed by atoms with E-state index in [0.29, 0.717) is 17.1 Å². The Hall–Kier alpha value is -2.14. The summed E-state index contributed by atoms with van der Waals surface area (Å²) in [6, 6.07) is 10.1. The predicted octanol–water partition coefficient (Wildman–Crippen LogP) is 3.79.